The van der Waals surface area contributed by atoms with Gasteiger partial charge in [-0.1, -0.05) is 84.9 Å². The molecule has 1 N–H and O–H groups in total. The van der Waals surface area contributed by atoms with E-state index in [0.29, 0.717) is 25.8 Å². The predicted octanol–water partition coefficient (Wildman–Crippen LogP) is 6.34. The summed E-state index contributed by atoms with van der Waals surface area (Å²) in [6, 6.07) is 31.3. The fourth-order valence-electron chi connectivity index (χ4n) is 4.87. The van der Waals surface area contributed by atoms with Crippen LogP contribution in [0.2, 0.25) is 0 Å². The predicted molar refractivity (Wildman–Crippen MR) is 158 cm³/mol. The van der Waals surface area contributed by atoms with Gasteiger partial charge in [0, 0.05) is 24.9 Å². The minimum atomic E-state index is -0.669. The molecule has 0 heterocycles. The lowest BCUT2D eigenvalue weighted by atomic mass is 9.98. The van der Waals surface area contributed by atoms with E-state index in [9.17, 15) is 9.59 Å². The molecule has 202 valence electrons. The summed E-state index contributed by atoms with van der Waals surface area (Å²) in [5, 5.41) is 5.43. The van der Waals surface area contributed by atoms with Crippen molar-refractivity contribution in [2.45, 2.75) is 58.2 Å². The zero-order valence-corrected chi connectivity index (χ0v) is 23.3. The summed E-state index contributed by atoms with van der Waals surface area (Å²) in [5.41, 5.74) is 2.61. The minimum Gasteiger partial charge on any atom is -0.497 e. The lowest BCUT2D eigenvalue weighted by Crippen LogP contribution is -2.54. The number of hydrogen-bond donors (Lipinski definition) is 1. The largest absolute Gasteiger partial charge is 0.497 e. The summed E-state index contributed by atoms with van der Waals surface area (Å²) < 4.78 is 5.43. The molecule has 0 fully saturated rings. The molecule has 5 nitrogen and oxygen atoms in total. The van der Waals surface area contributed by atoms with Crippen molar-refractivity contribution in [2.24, 2.45) is 0 Å². The van der Waals surface area contributed by atoms with Gasteiger partial charge in [0.1, 0.15) is 11.8 Å². The van der Waals surface area contributed by atoms with Crippen LogP contribution in [0.5, 0.6) is 5.75 Å². The fraction of sp³-hybridized carbons (Fsp3) is 0.294. The van der Waals surface area contributed by atoms with E-state index in [0.717, 1.165) is 33.2 Å². The SMILES string of the molecule is COc1cccc(CN(C(=O)CCc2cccc3ccccc23)[C@H](Cc2ccccc2)C(=O)NC(C)(C)C)c1. The molecule has 5 heteroatoms. The third kappa shape index (κ3) is 7.70. The summed E-state index contributed by atoms with van der Waals surface area (Å²) in [7, 11) is 1.63. The van der Waals surface area contributed by atoms with Crippen molar-refractivity contribution in [1.82, 2.24) is 10.2 Å². The molecule has 39 heavy (non-hydrogen) atoms. The molecule has 1 atom stereocenters. The molecular formula is C34H38N2O3. The lowest BCUT2D eigenvalue weighted by Gasteiger charge is -2.34. The van der Waals surface area contributed by atoms with Crippen molar-refractivity contribution in [1.29, 1.82) is 0 Å². The molecule has 0 radical (unpaired) electrons. The Morgan fingerprint density at radius 2 is 1.51 bits per heavy atom. The van der Waals surface area contributed by atoms with Crippen LogP contribution in [0.25, 0.3) is 10.8 Å². The van der Waals surface area contributed by atoms with E-state index >= 15 is 0 Å². The third-order valence-electron chi connectivity index (χ3n) is 6.74. The summed E-state index contributed by atoms with van der Waals surface area (Å²) in [4.78, 5) is 29.5. The number of rotatable bonds is 10. The Morgan fingerprint density at radius 1 is 0.846 bits per heavy atom. The van der Waals surface area contributed by atoms with Gasteiger partial charge < -0.3 is 15.0 Å². The van der Waals surface area contributed by atoms with Crippen LogP contribution in [0.3, 0.4) is 0 Å². The van der Waals surface area contributed by atoms with E-state index < -0.39 is 11.6 Å². The molecular weight excluding hydrogens is 484 g/mol. The van der Waals surface area contributed by atoms with Gasteiger partial charge in [-0.25, -0.2) is 0 Å². The zero-order chi connectivity index (χ0) is 27.8. The molecule has 2 amide bonds. The average molecular weight is 523 g/mol. The van der Waals surface area contributed by atoms with Gasteiger partial charge in [0.15, 0.2) is 0 Å². The number of ether oxygens (including phenoxy) is 1. The molecule has 4 rings (SSSR count). The Bertz CT molecular complexity index is 1400. The number of nitrogens with zero attached hydrogens (tertiary/aromatic N) is 1. The number of carbonyl (C=O) groups excluding carboxylic acids is 2. The van der Waals surface area contributed by atoms with Crippen molar-refractivity contribution in [2.75, 3.05) is 7.11 Å². The van der Waals surface area contributed by atoms with Gasteiger partial charge in [0.05, 0.1) is 7.11 Å². The van der Waals surface area contributed by atoms with Crippen molar-refractivity contribution >= 4 is 22.6 Å². The van der Waals surface area contributed by atoms with Gasteiger partial charge >= 0.3 is 0 Å². The molecule has 0 aliphatic rings. The van der Waals surface area contributed by atoms with Gasteiger partial charge in [-0.05, 0) is 66.8 Å². The first kappa shape index (κ1) is 27.9. The van der Waals surface area contributed by atoms with Crippen LogP contribution in [0.1, 0.15) is 43.9 Å². The van der Waals surface area contributed by atoms with Crippen LogP contribution >= 0.6 is 0 Å². The first-order valence-corrected chi connectivity index (χ1v) is 13.5. The topological polar surface area (TPSA) is 58.6 Å². The van der Waals surface area contributed by atoms with Crippen molar-refractivity contribution in [3.05, 3.63) is 114 Å². The number of aryl methyl sites for hydroxylation is 1. The smallest absolute Gasteiger partial charge is 0.243 e. The van der Waals surface area contributed by atoms with Crippen LogP contribution in [0.4, 0.5) is 0 Å². The maximum absolute atomic E-state index is 14.0. The molecule has 0 saturated carbocycles. The third-order valence-corrected chi connectivity index (χ3v) is 6.74. The molecule has 4 aromatic rings. The Morgan fingerprint density at radius 3 is 2.26 bits per heavy atom. The summed E-state index contributed by atoms with van der Waals surface area (Å²) >= 11 is 0. The second-order valence-corrected chi connectivity index (χ2v) is 11.0. The van der Waals surface area contributed by atoms with Gasteiger partial charge in [-0.2, -0.15) is 0 Å². The van der Waals surface area contributed by atoms with Crippen LogP contribution in [0, 0.1) is 0 Å². The Kier molecular flexibility index (Phi) is 9.03. The molecule has 0 spiro atoms. The van der Waals surface area contributed by atoms with Gasteiger partial charge in [0.25, 0.3) is 0 Å². The van der Waals surface area contributed by atoms with Gasteiger partial charge in [0.2, 0.25) is 11.8 Å². The first-order chi connectivity index (χ1) is 18.7. The Hall–Kier alpha value is -4.12. The highest BCUT2D eigenvalue weighted by molar-refractivity contribution is 5.89. The van der Waals surface area contributed by atoms with Gasteiger partial charge in [-0.15, -0.1) is 0 Å². The quantitative estimate of drug-likeness (QED) is 0.265. The second-order valence-electron chi connectivity index (χ2n) is 11.0. The highest BCUT2D eigenvalue weighted by atomic mass is 16.5. The van der Waals surface area contributed by atoms with Crippen LogP contribution in [0.15, 0.2) is 97.1 Å². The van der Waals surface area contributed by atoms with Crippen LogP contribution in [-0.4, -0.2) is 35.4 Å². The van der Waals surface area contributed by atoms with Crippen molar-refractivity contribution in [3.63, 3.8) is 0 Å². The fourth-order valence-corrected chi connectivity index (χ4v) is 4.87. The molecule has 4 aromatic carbocycles. The molecule has 0 aromatic heterocycles. The van der Waals surface area contributed by atoms with E-state index in [2.05, 4.69) is 29.6 Å². The maximum atomic E-state index is 14.0. The Labute approximate surface area is 231 Å². The second kappa shape index (κ2) is 12.6. The summed E-state index contributed by atoms with van der Waals surface area (Å²) in [6.45, 7) is 6.18. The zero-order valence-electron chi connectivity index (χ0n) is 23.3. The normalized spacial score (nSPS) is 12.1. The summed E-state index contributed by atoms with van der Waals surface area (Å²) in [5.74, 6) is 0.498. The highest BCUT2D eigenvalue weighted by Gasteiger charge is 2.32. The standard InChI is InChI=1S/C34H38N2O3/c1-34(2,3)35-33(38)31(23-25-12-6-5-7-13-25)36(24-26-14-10-18-29(22-26)39-4)32(37)21-20-28-17-11-16-27-15-8-9-19-30(27)28/h5-19,22,31H,20-21,23-24H2,1-4H3,(H,35,38)/t31-/m1/s1. The minimum absolute atomic E-state index is 0.0595. The van der Waals surface area contributed by atoms with E-state index in [1.165, 1.54) is 0 Å². The maximum Gasteiger partial charge on any atom is 0.243 e. The summed E-state index contributed by atoms with van der Waals surface area (Å²) in [6.07, 6.45) is 1.31. The highest BCUT2D eigenvalue weighted by Crippen LogP contribution is 2.23. The average Bonchev–Trinajstić information content (AvgIpc) is 2.93. The number of carbonyl (C=O) groups is 2. The molecule has 0 saturated heterocycles. The monoisotopic (exact) mass is 522 g/mol. The number of methoxy groups -OCH3 is 1. The van der Waals surface area contributed by atoms with Crippen molar-refractivity contribution in [3.8, 4) is 5.75 Å². The van der Waals surface area contributed by atoms with E-state index in [-0.39, 0.29) is 11.8 Å². The number of hydrogen-bond acceptors (Lipinski definition) is 3. The van der Waals surface area contributed by atoms with Crippen molar-refractivity contribution < 1.29 is 14.3 Å². The number of amides is 2. The molecule has 0 bridgehead atoms. The number of nitrogens with one attached hydrogen (secondary N) is 1. The molecule has 0 unspecified atom stereocenters. The Balaban J connectivity index is 1.67. The number of fused-ring (bicyclic) bond motifs is 1. The van der Waals surface area contributed by atoms with E-state index in [4.69, 9.17) is 4.74 Å². The number of benzene rings is 4. The van der Waals surface area contributed by atoms with Crippen LogP contribution in [-0.2, 0) is 29.0 Å². The lowest BCUT2D eigenvalue weighted by molar-refractivity contribution is -0.141. The molecule has 0 aliphatic heterocycles. The van der Waals surface area contributed by atoms with E-state index in [1.54, 1.807) is 12.0 Å². The van der Waals surface area contributed by atoms with Crippen LogP contribution < -0.4 is 10.1 Å². The molecule has 0 aliphatic carbocycles. The van der Waals surface area contributed by atoms with Gasteiger partial charge in [-0.3, -0.25) is 9.59 Å². The first-order valence-electron chi connectivity index (χ1n) is 13.5. The van der Waals surface area contributed by atoms with E-state index in [1.807, 2.05) is 93.6 Å².